The smallest absolute Gasteiger partial charge is 0.191 e. The first-order chi connectivity index (χ1) is 10.1. The molecule has 0 aromatic heterocycles. The summed E-state index contributed by atoms with van der Waals surface area (Å²) >= 11 is 5.86. The second kappa shape index (κ2) is 13.0. The molecule has 0 heterocycles. The van der Waals surface area contributed by atoms with Crippen molar-refractivity contribution in [2.24, 2.45) is 10.9 Å². The van der Waals surface area contributed by atoms with Crippen molar-refractivity contribution >= 4 is 41.5 Å². The summed E-state index contributed by atoms with van der Waals surface area (Å²) in [4.78, 5) is 4.18. The number of rotatable bonds is 8. The topological polar surface area (TPSA) is 45.7 Å². The lowest BCUT2D eigenvalue weighted by Gasteiger charge is -2.12. The molecule has 0 bridgehead atoms. The Morgan fingerprint density at radius 2 is 1.82 bits per heavy atom. The zero-order valence-corrected chi connectivity index (χ0v) is 16.7. The largest absolute Gasteiger partial charge is 0.379 e. The Morgan fingerprint density at radius 1 is 1.18 bits per heavy atom. The van der Waals surface area contributed by atoms with Crippen LogP contribution in [0.25, 0.3) is 0 Å². The Bertz CT molecular complexity index is 424. The molecule has 1 aromatic carbocycles. The van der Waals surface area contributed by atoms with E-state index in [4.69, 9.17) is 16.3 Å². The molecule has 0 radical (unpaired) electrons. The summed E-state index contributed by atoms with van der Waals surface area (Å²) in [6.07, 6.45) is 0.932. The zero-order chi connectivity index (χ0) is 15.5. The van der Waals surface area contributed by atoms with E-state index in [9.17, 15) is 0 Å². The Labute approximate surface area is 156 Å². The number of aliphatic imine (C=N–C) groups is 1. The van der Waals surface area contributed by atoms with Gasteiger partial charge in [-0.05, 0) is 30.0 Å². The molecular formula is C16H27ClIN3O. The molecule has 0 saturated heterocycles. The lowest BCUT2D eigenvalue weighted by Crippen LogP contribution is -2.39. The molecule has 1 aromatic rings. The molecule has 0 atom stereocenters. The number of nitrogens with one attached hydrogen (secondary N) is 2. The van der Waals surface area contributed by atoms with E-state index in [0.717, 1.165) is 37.1 Å². The Balaban J connectivity index is 0.00000441. The summed E-state index contributed by atoms with van der Waals surface area (Å²) < 4.78 is 5.52. The van der Waals surface area contributed by atoms with E-state index in [0.29, 0.717) is 12.5 Å². The zero-order valence-electron chi connectivity index (χ0n) is 13.6. The van der Waals surface area contributed by atoms with Crippen molar-refractivity contribution < 1.29 is 4.74 Å². The summed E-state index contributed by atoms with van der Waals surface area (Å²) in [5.41, 5.74) is 1.25. The average Bonchev–Trinajstić information content (AvgIpc) is 2.46. The van der Waals surface area contributed by atoms with E-state index in [1.54, 1.807) is 7.05 Å². The summed E-state index contributed by atoms with van der Waals surface area (Å²) in [6, 6.07) is 7.91. The Morgan fingerprint density at radius 3 is 2.41 bits per heavy atom. The van der Waals surface area contributed by atoms with Gasteiger partial charge in [-0.15, -0.1) is 24.0 Å². The van der Waals surface area contributed by atoms with Crippen LogP contribution in [0.1, 0.15) is 19.4 Å². The second-order valence-corrected chi connectivity index (χ2v) is 5.71. The van der Waals surface area contributed by atoms with Gasteiger partial charge < -0.3 is 15.4 Å². The normalized spacial score (nSPS) is 11.2. The molecule has 0 spiro atoms. The van der Waals surface area contributed by atoms with Crippen LogP contribution in [0.4, 0.5) is 0 Å². The molecule has 6 heteroatoms. The van der Waals surface area contributed by atoms with Crippen LogP contribution in [0.5, 0.6) is 0 Å². The molecule has 0 saturated carbocycles. The predicted octanol–water partition coefficient (Wildman–Crippen LogP) is 3.34. The minimum atomic E-state index is 0. The van der Waals surface area contributed by atoms with Gasteiger partial charge in [-0.1, -0.05) is 37.6 Å². The van der Waals surface area contributed by atoms with Gasteiger partial charge >= 0.3 is 0 Å². The molecule has 4 nitrogen and oxygen atoms in total. The number of ether oxygens (including phenoxy) is 1. The van der Waals surface area contributed by atoms with E-state index in [1.165, 1.54) is 5.56 Å². The van der Waals surface area contributed by atoms with Crippen LogP contribution in [0.3, 0.4) is 0 Å². The van der Waals surface area contributed by atoms with Gasteiger partial charge in [-0.25, -0.2) is 0 Å². The van der Waals surface area contributed by atoms with Crippen molar-refractivity contribution in [2.75, 3.05) is 33.4 Å². The highest BCUT2D eigenvalue weighted by Crippen LogP contribution is 2.09. The van der Waals surface area contributed by atoms with Crippen molar-refractivity contribution in [3.8, 4) is 0 Å². The number of hydrogen-bond donors (Lipinski definition) is 2. The van der Waals surface area contributed by atoms with Crippen molar-refractivity contribution in [1.82, 2.24) is 10.6 Å². The van der Waals surface area contributed by atoms with Crippen molar-refractivity contribution in [3.05, 3.63) is 34.9 Å². The van der Waals surface area contributed by atoms with E-state index in [-0.39, 0.29) is 24.0 Å². The second-order valence-electron chi connectivity index (χ2n) is 5.27. The van der Waals surface area contributed by atoms with Crippen LogP contribution < -0.4 is 10.6 Å². The first kappa shape index (κ1) is 21.5. The van der Waals surface area contributed by atoms with Crippen LogP contribution in [0.15, 0.2) is 29.3 Å². The highest BCUT2D eigenvalue weighted by atomic mass is 127. The molecule has 22 heavy (non-hydrogen) atoms. The van der Waals surface area contributed by atoms with Crippen molar-refractivity contribution in [3.63, 3.8) is 0 Å². The molecule has 2 N–H and O–H groups in total. The monoisotopic (exact) mass is 439 g/mol. The molecule has 0 aliphatic carbocycles. The molecule has 0 fully saturated rings. The molecular weight excluding hydrogens is 413 g/mol. The van der Waals surface area contributed by atoms with Gasteiger partial charge in [0.25, 0.3) is 0 Å². The number of hydrogen-bond acceptors (Lipinski definition) is 2. The van der Waals surface area contributed by atoms with Crippen LogP contribution in [-0.4, -0.2) is 39.3 Å². The van der Waals surface area contributed by atoms with Gasteiger partial charge in [-0.2, -0.15) is 0 Å². The fourth-order valence-electron chi connectivity index (χ4n) is 1.76. The Kier molecular flexibility index (Phi) is 12.6. The molecule has 126 valence electrons. The number of guanidine groups is 1. The van der Waals surface area contributed by atoms with Crippen molar-refractivity contribution in [2.45, 2.75) is 20.3 Å². The molecule has 0 aliphatic heterocycles. The maximum absolute atomic E-state index is 5.86. The van der Waals surface area contributed by atoms with Crippen LogP contribution in [-0.2, 0) is 11.2 Å². The van der Waals surface area contributed by atoms with Crippen LogP contribution >= 0.6 is 35.6 Å². The van der Waals surface area contributed by atoms with E-state index in [2.05, 4.69) is 29.5 Å². The first-order valence-corrected chi connectivity index (χ1v) is 7.76. The Hall–Kier alpha value is -0.530. The fourth-order valence-corrected chi connectivity index (χ4v) is 1.88. The quantitative estimate of drug-likeness (QED) is 0.283. The standard InChI is InChI=1S/C16H26ClN3O.HI/c1-13(2)12-21-11-10-20-16(18-3)19-9-8-14-4-6-15(17)7-5-14;/h4-7,13H,8-12H2,1-3H3,(H2,18,19,20);1H. The minimum absolute atomic E-state index is 0. The summed E-state index contributed by atoms with van der Waals surface area (Å²) in [5.74, 6) is 1.37. The summed E-state index contributed by atoms with van der Waals surface area (Å²) in [6.45, 7) is 7.36. The number of halogens is 2. The van der Waals surface area contributed by atoms with E-state index in [1.807, 2.05) is 24.3 Å². The first-order valence-electron chi connectivity index (χ1n) is 7.38. The third-order valence-electron chi connectivity index (χ3n) is 2.83. The van der Waals surface area contributed by atoms with Gasteiger partial charge in [0.15, 0.2) is 5.96 Å². The third kappa shape index (κ3) is 10.2. The molecule has 1 rings (SSSR count). The van der Waals surface area contributed by atoms with Crippen LogP contribution in [0.2, 0.25) is 5.02 Å². The van der Waals surface area contributed by atoms with Crippen molar-refractivity contribution in [1.29, 1.82) is 0 Å². The van der Waals surface area contributed by atoms with E-state index < -0.39 is 0 Å². The maximum atomic E-state index is 5.86. The van der Waals surface area contributed by atoms with Gasteiger partial charge in [-0.3, -0.25) is 4.99 Å². The van der Waals surface area contributed by atoms with Crippen LogP contribution in [0, 0.1) is 5.92 Å². The van der Waals surface area contributed by atoms with Gasteiger partial charge in [0.2, 0.25) is 0 Å². The fraction of sp³-hybridized carbons (Fsp3) is 0.562. The number of benzene rings is 1. The highest BCUT2D eigenvalue weighted by Gasteiger charge is 1.99. The third-order valence-corrected chi connectivity index (χ3v) is 3.08. The van der Waals surface area contributed by atoms with Gasteiger partial charge in [0.1, 0.15) is 0 Å². The highest BCUT2D eigenvalue weighted by molar-refractivity contribution is 14.0. The lowest BCUT2D eigenvalue weighted by molar-refractivity contribution is 0.114. The SMILES string of the molecule is CN=C(NCCOCC(C)C)NCCc1ccc(Cl)cc1.I. The predicted molar refractivity (Wildman–Crippen MR) is 106 cm³/mol. The summed E-state index contributed by atoms with van der Waals surface area (Å²) in [5, 5.41) is 7.28. The number of nitrogens with zero attached hydrogens (tertiary/aromatic N) is 1. The van der Waals surface area contributed by atoms with Gasteiger partial charge in [0, 0.05) is 31.8 Å². The lowest BCUT2D eigenvalue weighted by atomic mass is 10.1. The molecule has 0 unspecified atom stereocenters. The molecule has 0 aliphatic rings. The maximum Gasteiger partial charge on any atom is 0.191 e. The summed E-state index contributed by atoms with van der Waals surface area (Å²) in [7, 11) is 1.77. The van der Waals surface area contributed by atoms with Gasteiger partial charge in [0.05, 0.1) is 6.61 Å². The van der Waals surface area contributed by atoms with E-state index >= 15 is 0 Å². The molecule has 0 amide bonds. The average molecular weight is 440 g/mol. The minimum Gasteiger partial charge on any atom is -0.379 e.